The number of anilines is 2. The van der Waals surface area contributed by atoms with Crippen molar-refractivity contribution < 1.29 is 4.79 Å². The van der Waals surface area contributed by atoms with Crippen molar-refractivity contribution in [2.24, 2.45) is 0 Å². The number of rotatable bonds is 6. The van der Waals surface area contributed by atoms with Crippen molar-refractivity contribution in [3.05, 3.63) is 75.4 Å². The van der Waals surface area contributed by atoms with E-state index in [9.17, 15) is 9.59 Å². The molecule has 0 bridgehead atoms. The standard InChI is InChI=1S/C22H19ClN4O2S2/c1-26(2)16-8-6-15(7-9-16)24-19(28)13-31-22-25-18-10-11-30-20(18)21(29)27(22)17-5-3-4-14(23)12-17/h3-12H,13H2,1-2H3,(H,24,28). The monoisotopic (exact) mass is 470 g/mol. The fourth-order valence-corrected chi connectivity index (χ4v) is 4.76. The maximum absolute atomic E-state index is 13.1. The molecule has 1 N–H and O–H groups in total. The van der Waals surface area contributed by atoms with Crippen LogP contribution in [0.2, 0.25) is 5.02 Å². The second-order valence-corrected chi connectivity index (χ2v) is 9.22. The molecule has 4 rings (SSSR count). The molecule has 9 heteroatoms. The Morgan fingerprint density at radius 1 is 1.19 bits per heavy atom. The van der Waals surface area contributed by atoms with E-state index < -0.39 is 0 Å². The molecule has 0 fully saturated rings. The average molecular weight is 471 g/mol. The molecule has 2 aromatic carbocycles. The molecular weight excluding hydrogens is 452 g/mol. The molecule has 0 aliphatic heterocycles. The van der Waals surface area contributed by atoms with Gasteiger partial charge in [-0.25, -0.2) is 4.98 Å². The summed E-state index contributed by atoms with van der Waals surface area (Å²) in [5.41, 5.74) is 2.82. The van der Waals surface area contributed by atoms with Gasteiger partial charge in [-0.3, -0.25) is 14.2 Å². The van der Waals surface area contributed by atoms with E-state index in [1.165, 1.54) is 27.7 Å². The molecule has 0 aliphatic rings. The fourth-order valence-electron chi connectivity index (χ4n) is 3.00. The minimum absolute atomic E-state index is 0.109. The van der Waals surface area contributed by atoms with Gasteiger partial charge in [0.05, 0.1) is 17.0 Å². The number of nitrogens with zero attached hydrogens (tertiary/aromatic N) is 3. The average Bonchev–Trinajstić information content (AvgIpc) is 3.22. The molecular formula is C22H19ClN4O2S2. The Labute approximate surface area is 192 Å². The van der Waals surface area contributed by atoms with E-state index in [1.807, 2.05) is 48.6 Å². The van der Waals surface area contributed by atoms with Crippen molar-refractivity contribution in [2.75, 3.05) is 30.1 Å². The van der Waals surface area contributed by atoms with E-state index in [0.29, 0.717) is 31.8 Å². The van der Waals surface area contributed by atoms with Gasteiger partial charge in [0, 0.05) is 30.5 Å². The predicted molar refractivity (Wildman–Crippen MR) is 130 cm³/mol. The third-order valence-electron chi connectivity index (χ3n) is 4.52. The van der Waals surface area contributed by atoms with Crippen LogP contribution >= 0.6 is 34.7 Å². The summed E-state index contributed by atoms with van der Waals surface area (Å²) in [5, 5.41) is 5.67. The zero-order chi connectivity index (χ0) is 22.0. The lowest BCUT2D eigenvalue weighted by Crippen LogP contribution is -2.22. The number of hydrogen-bond acceptors (Lipinski definition) is 6. The van der Waals surface area contributed by atoms with Gasteiger partial charge in [0.25, 0.3) is 5.56 Å². The first kappa shape index (κ1) is 21.4. The molecule has 4 aromatic rings. The molecule has 1 amide bonds. The first-order valence-corrected chi connectivity index (χ1v) is 11.6. The van der Waals surface area contributed by atoms with Crippen LogP contribution in [0.15, 0.2) is 69.9 Å². The van der Waals surface area contributed by atoms with Crippen LogP contribution in [0.5, 0.6) is 0 Å². The molecule has 0 saturated carbocycles. The Morgan fingerprint density at radius 2 is 1.97 bits per heavy atom. The number of nitrogens with one attached hydrogen (secondary N) is 1. The van der Waals surface area contributed by atoms with Crippen molar-refractivity contribution in [1.29, 1.82) is 0 Å². The van der Waals surface area contributed by atoms with E-state index >= 15 is 0 Å². The lowest BCUT2D eigenvalue weighted by Gasteiger charge is -2.14. The summed E-state index contributed by atoms with van der Waals surface area (Å²) >= 11 is 8.69. The van der Waals surface area contributed by atoms with Crippen LogP contribution < -0.4 is 15.8 Å². The zero-order valence-electron chi connectivity index (χ0n) is 16.8. The van der Waals surface area contributed by atoms with Crippen LogP contribution in [0.1, 0.15) is 0 Å². The van der Waals surface area contributed by atoms with Crippen molar-refractivity contribution in [3.63, 3.8) is 0 Å². The van der Waals surface area contributed by atoms with Crippen LogP contribution in [0.4, 0.5) is 11.4 Å². The minimum Gasteiger partial charge on any atom is -0.378 e. The van der Waals surface area contributed by atoms with Crippen LogP contribution in [-0.4, -0.2) is 35.3 Å². The smallest absolute Gasteiger partial charge is 0.276 e. The molecule has 0 atom stereocenters. The molecule has 0 aliphatic carbocycles. The van der Waals surface area contributed by atoms with Gasteiger partial charge < -0.3 is 10.2 Å². The summed E-state index contributed by atoms with van der Waals surface area (Å²) in [6, 6.07) is 16.4. The maximum Gasteiger partial charge on any atom is 0.276 e. The molecule has 31 heavy (non-hydrogen) atoms. The molecule has 0 saturated heterocycles. The second-order valence-electron chi connectivity index (χ2n) is 6.93. The Hall–Kier alpha value is -2.81. The van der Waals surface area contributed by atoms with Gasteiger partial charge in [-0.05, 0) is 53.9 Å². The first-order chi connectivity index (χ1) is 14.9. The highest BCUT2D eigenvalue weighted by atomic mass is 35.5. The zero-order valence-corrected chi connectivity index (χ0v) is 19.2. The molecule has 158 valence electrons. The Bertz CT molecular complexity index is 1300. The Balaban J connectivity index is 1.58. The molecule has 0 unspecified atom stereocenters. The summed E-state index contributed by atoms with van der Waals surface area (Å²) in [6.07, 6.45) is 0. The number of benzene rings is 2. The SMILES string of the molecule is CN(C)c1ccc(NC(=O)CSc2nc3ccsc3c(=O)n2-c2cccc(Cl)c2)cc1. The van der Waals surface area contributed by atoms with Crippen molar-refractivity contribution in [2.45, 2.75) is 5.16 Å². The van der Waals surface area contributed by atoms with Gasteiger partial charge in [0.2, 0.25) is 5.91 Å². The predicted octanol–water partition coefficient (Wildman–Crippen LogP) is 4.90. The Morgan fingerprint density at radius 3 is 2.68 bits per heavy atom. The number of carbonyl (C=O) groups is 1. The van der Waals surface area contributed by atoms with Crippen molar-refractivity contribution >= 4 is 62.2 Å². The van der Waals surface area contributed by atoms with E-state index in [0.717, 1.165) is 5.69 Å². The highest BCUT2D eigenvalue weighted by Gasteiger charge is 2.16. The largest absolute Gasteiger partial charge is 0.378 e. The molecule has 6 nitrogen and oxygen atoms in total. The number of aromatic nitrogens is 2. The highest BCUT2D eigenvalue weighted by molar-refractivity contribution is 7.99. The second kappa shape index (κ2) is 9.13. The van der Waals surface area contributed by atoms with Gasteiger partial charge in [0.1, 0.15) is 4.70 Å². The minimum atomic E-state index is -0.181. The van der Waals surface area contributed by atoms with E-state index in [2.05, 4.69) is 10.3 Å². The van der Waals surface area contributed by atoms with Crippen LogP contribution in [-0.2, 0) is 4.79 Å². The molecule has 2 aromatic heterocycles. The summed E-state index contributed by atoms with van der Waals surface area (Å²) in [6.45, 7) is 0. The fraction of sp³-hybridized carbons (Fsp3) is 0.136. The van der Waals surface area contributed by atoms with Crippen molar-refractivity contribution in [3.8, 4) is 5.69 Å². The number of carbonyl (C=O) groups excluding carboxylic acids is 1. The number of hydrogen-bond donors (Lipinski definition) is 1. The number of halogens is 1. The van der Waals surface area contributed by atoms with Crippen LogP contribution in [0.3, 0.4) is 0 Å². The van der Waals surface area contributed by atoms with Crippen molar-refractivity contribution in [1.82, 2.24) is 9.55 Å². The number of fused-ring (bicyclic) bond motifs is 1. The van der Waals surface area contributed by atoms with Gasteiger partial charge in [-0.1, -0.05) is 29.4 Å². The number of amides is 1. The van der Waals surface area contributed by atoms with Gasteiger partial charge in [-0.15, -0.1) is 11.3 Å². The molecule has 0 spiro atoms. The van der Waals surface area contributed by atoms with Crippen LogP contribution in [0, 0.1) is 0 Å². The normalized spacial score (nSPS) is 10.9. The lowest BCUT2D eigenvalue weighted by atomic mass is 10.2. The molecule has 2 heterocycles. The lowest BCUT2D eigenvalue weighted by molar-refractivity contribution is -0.113. The quantitative estimate of drug-likeness (QED) is 0.321. The van der Waals surface area contributed by atoms with Crippen LogP contribution in [0.25, 0.3) is 15.9 Å². The van der Waals surface area contributed by atoms with Gasteiger partial charge in [0.15, 0.2) is 5.16 Å². The van der Waals surface area contributed by atoms with Gasteiger partial charge in [-0.2, -0.15) is 0 Å². The number of thioether (sulfide) groups is 1. The summed E-state index contributed by atoms with van der Waals surface area (Å²) in [7, 11) is 3.92. The maximum atomic E-state index is 13.1. The van der Waals surface area contributed by atoms with E-state index in [4.69, 9.17) is 11.6 Å². The Kier molecular flexibility index (Phi) is 6.31. The van der Waals surface area contributed by atoms with Gasteiger partial charge >= 0.3 is 0 Å². The highest BCUT2D eigenvalue weighted by Crippen LogP contribution is 2.25. The third kappa shape index (κ3) is 4.76. The topological polar surface area (TPSA) is 67.2 Å². The molecule has 0 radical (unpaired) electrons. The summed E-state index contributed by atoms with van der Waals surface area (Å²) in [4.78, 5) is 32.3. The summed E-state index contributed by atoms with van der Waals surface area (Å²) in [5.74, 6) is -0.0714. The van der Waals surface area contributed by atoms with E-state index in [1.54, 1.807) is 30.3 Å². The number of thiophene rings is 1. The first-order valence-electron chi connectivity index (χ1n) is 9.38. The van der Waals surface area contributed by atoms with E-state index in [-0.39, 0.29) is 17.2 Å². The summed E-state index contributed by atoms with van der Waals surface area (Å²) < 4.78 is 2.07. The third-order valence-corrected chi connectivity index (χ3v) is 6.58.